The molecule has 0 atom stereocenters. The fourth-order valence-electron chi connectivity index (χ4n) is 1.67. The molecule has 2 rings (SSSR count). The summed E-state index contributed by atoms with van der Waals surface area (Å²) >= 11 is 0. The molecule has 8 heteroatoms. The molecule has 1 aliphatic heterocycles. The third kappa shape index (κ3) is 5.02. The summed E-state index contributed by atoms with van der Waals surface area (Å²) in [5, 5.41) is 13.4. The lowest BCUT2D eigenvalue weighted by atomic mass is 10.2. The van der Waals surface area contributed by atoms with Gasteiger partial charge >= 0.3 is 0 Å². The smallest absolute Gasteiger partial charge is 0.267 e. The van der Waals surface area contributed by atoms with Crippen molar-refractivity contribution >= 4 is 29.9 Å². The van der Waals surface area contributed by atoms with Gasteiger partial charge in [0.05, 0.1) is 13.2 Å². The number of aromatic nitrogens is 2. The largest absolute Gasteiger partial charge is 0.492 e. The Kier molecular flexibility index (Phi) is 6.06. The van der Waals surface area contributed by atoms with Crippen molar-refractivity contribution in [2.75, 3.05) is 6.61 Å². The van der Waals surface area contributed by atoms with Gasteiger partial charge in [0.25, 0.3) is 5.56 Å². The van der Waals surface area contributed by atoms with Crippen LogP contribution in [0, 0.1) is 0 Å². The van der Waals surface area contributed by atoms with Crippen molar-refractivity contribution in [3.05, 3.63) is 44.4 Å². The van der Waals surface area contributed by atoms with Crippen molar-refractivity contribution in [1.82, 2.24) is 9.78 Å². The van der Waals surface area contributed by atoms with Gasteiger partial charge < -0.3 is 9.53 Å². The van der Waals surface area contributed by atoms with E-state index in [2.05, 4.69) is 39.0 Å². The summed E-state index contributed by atoms with van der Waals surface area (Å²) in [6, 6.07) is 2.62. The van der Waals surface area contributed by atoms with Gasteiger partial charge in [-0.2, -0.15) is 0 Å². The molecule has 1 aromatic heterocycles. The van der Waals surface area contributed by atoms with Crippen LogP contribution in [0.15, 0.2) is 38.9 Å². The molecule has 0 unspecified atom stereocenters. The molecule has 0 fully saturated rings. The van der Waals surface area contributed by atoms with E-state index in [-0.39, 0.29) is 16.5 Å². The van der Waals surface area contributed by atoms with Gasteiger partial charge in [0.1, 0.15) is 0 Å². The Bertz CT molecular complexity index is 721. The highest BCUT2D eigenvalue weighted by atomic mass is 33.1. The van der Waals surface area contributed by atoms with Crippen LogP contribution in [0.4, 0.5) is 0 Å². The Hall–Kier alpha value is -0.963. The van der Waals surface area contributed by atoms with Crippen molar-refractivity contribution in [3.8, 4) is 5.88 Å². The van der Waals surface area contributed by atoms with Gasteiger partial charge in [0.15, 0.2) is 8.32 Å². The van der Waals surface area contributed by atoms with E-state index < -0.39 is 8.32 Å². The number of hydrogen-bond acceptors (Lipinski definition) is 6. The highest BCUT2D eigenvalue weighted by Gasteiger charge is 2.37. The van der Waals surface area contributed by atoms with Gasteiger partial charge in [0, 0.05) is 21.9 Å². The minimum absolute atomic E-state index is 0.150. The normalized spacial score (nSPS) is 15.9. The van der Waals surface area contributed by atoms with Crippen LogP contribution < -0.4 is 5.56 Å². The summed E-state index contributed by atoms with van der Waals surface area (Å²) in [4.78, 5) is 13.9. The van der Waals surface area contributed by atoms with Crippen LogP contribution in [0.1, 0.15) is 20.8 Å². The highest BCUT2D eigenvalue weighted by molar-refractivity contribution is 8.79. The van der Waals surface area contributed by atoms with Crippen molar-refractivity contribution in [2.24, 2.45) is 0 Å². The van der Waals surface area contributed by atoms with Gasteiger partial charge in [0.2, 0.25) is 5.88 Å². The van der Waals surface area contributed by atoms with E-state index in [1.807, 2.05) is 12.2 Å². The first-order chi connectivity index (χ1) is 11.1. The summed E-state index contributed by atoms with van der Waals surface area (Å²) in [6.07, 6.45) is 4.03. The zero-order valence-electron chi connectivity index (χ0n) is 14.7. The number of hydrogen-bond donors (Lipinski definition) is 1. The molecule has 24 heavy (non-hydrogen) atoms. The number of allylic oxidation sites excluding steroid dienone is 3. The quantitative estimate of drug-likeness (QED) is 0.608. The number of nitrogens with zero attached hydrogens (tertiary/aromatic N) is 2. The average molecular weight is 385 g/mol. The molecule has 1 aliphatic rings. The predicted molar refractivity (Wildman–Crippen MR) is 105 cm³/mol. The molecule has 0 saturated carbocycles. The van der Waals surface area contributed by atoms with Gasteiger partial charge in [-0.1, -0.05) is 42.4 Å². The Labute approximate surface area is 151 Å². The molecule has 0 saturated heterocycles. The van der Waals surface area contributed by atoms with E-state index in [0.29, 0.717) is 13.2 Å². The molecule has 1 aromatic rings. The second-order valence-corrected chi connectivity index (χ2v) is 14.4. The molecule has 0 aromatic carbocycles. The maximum absolute atomic E-state index is 11.7. The van der Waals surface area contributed by atoms with Crippen LogP contribution in [0.3, 0.4) is 0 Å². The van der Waals surface area contributed by atoms with Gasteiger partial charge in [-0.3, -0.25) is 4.79 Å². The van der Waals surface area contributed by atoms with E-state index in [4.69, 9.17) is 4.43 Å². The van der Waals surface area contributed by atoms with Crippen LogP contribution in [-0.4, -0.2) is 29.8 Å². The summed E-state index contributed by atoms with van der Waals surface area (Å²) in [5.74, 6) is -0.150. The minimum Gasteiger partial charge on any atom is -0.492 e. The van der Waals surface area contributed by atoms with Crippen molar-refractivity contribution < 1.29 is 9.53 Å². The Balaban J connectivity index is 1.99. The lowest BCUT2D eigenvalue weighted by Crippen LogP contribution is -2.41. The zero-order valence-corrected chi connectivity index (χ0v) is 17.3. The molecule has 0 aliphatic carbocycles. The first-order valence-corrected chi connectivity index (χ1v) is 12.8. The second-order valence-electron chi connectivity index (χ2n) is 7.17. The molecular weight excluding hydrogens is 360 g/mol. The predicted octanol–water partition coefficient (Wildman–Crippen LogP) is 4.13. The van der Waals surface area contributed by atoms with Crippen LogP contribution in [0.25, 0.3) is 0 Å². The van der Waals surface area contributed by atoms with Crippen LogP contribution >= 0.6 is 21.6 Å². The number of rotatable bonds is 5. The van der Waals surface area contributed by atoms with Crippen molar-refractivity contribution in [2.45, 2.75) is 45.4 Å². The van der Waals surface area contributed by atoms with E-state index in [1.165, 1.54) is 21.7 Å². The van der Waals surface area contributed by atoms with Crippen molar-refractivity contribution in [3.63, 3.8) is 0 Å². The second kappa shape index (κ2) is 7.51. The zero-order chi connectivity index (χ0) is 18.0. The SMILES string of the molecule is CC(C)(C)[Si](C)(C)OCC1=CC=C(Cn2nc(O)ccc2=O)SS1. The topological polar surface area (TPSA) is 64.3 Å². The summed E-state index contributed by atoms with van der Waals surface area (Å²) in [6.45, 7) is 12.2. The summed E-state index contributed by atoms with van der Waals surface area (Å²) in [7, 11) is 1.51. The Morgan fingerprint density at radius 1 is 1.21 bits per heavy atom. The van der Waals surface area contributed by atoms with E-state index in [1.54, 1.807) is 21.6 Å². The monoisotopic (exact) mass is 384 g/mol. The maximum Gasteiger partial charge on any atom is 0.267 e. The van der Waals surface area contributed by atoms with Crippen LogP contribution in [0.2, 0.25) is 18.1 Å². The third-order valence-corrected chi connectivity index (χ3v) is 11.3. The fourth-order valence-corrected chi connectivity index (χ4v) is 4.74. The Morgan fingerprint density at radius 3 is 2.42 bits per heavy atom. The molecule has 0 spiro atoms. The third-order valence-electron chi connectivity index (χ3n) is 4.25. The van der Waals surface area contributed by atoms with Crippen LogP contribution in [0.5, 0.6) is 5.88 Å². The van der Waals surface area contributed by atoms with E-state index >= 15 is 0 Å². The standard InChI is InChI=1S/C16H24N2O3S2Si/c1-16(2,3)24(4,5)21-11-13-7-6-12(22-23-13)10-18-15(20)9-8-14(19)17-18/h6-9H,10-11H2,1-5H3,(H,17,19). The van der Waals surface area contributed by atoms with Gasteiger partial charge in [-0.25, -0.2) is 4.68 Å². The molecular formula is C16H24N2O3S2Si. The summed E-state index contributed by atoms with van der Waals surface area (Å²) in [5.41, 5.74) is -0.227. The van der Waals surface area contributed by atoms with Gasteiger partial charge in [-0.15, -0.1) is 5.10 Å². The molecule has 0 radical (unpaired) electrons. The minimum atomic E-state index is -1.75. The van der Waals surface area contributed by atoms with Gasteiger partial charge in [-0.05, 0) is 30.3 Å². The first-order valence-electron chi connectivity index (χ1n) is 7.74. The molecule has 2 heterocycles. The lowest BCUT2D eigenvalue weighted by molar-refractivity contribution is 0.325. The fraction of sp³-hybridized carbons (Fsp3) is 0.500. The molecule has 5 nitrogen and oxygen atoms in total. The lowest BCUT2D eigenvalue weighted by Gasteiger charge is -2.36. The molecule has 0 amide bonds. The Morgan fingerprint density at radius 2 is 1.83 bits per heavy atom. The van der Waals surface area contributed by atoms with E-state index in [9.17, 15) is 9.90 Å². The molecule has 0 bridgehead atoms. The first kappa shape index (κ1) is 19.4. The number of aromatic hydroxyl groups is 1. The van der Waals surface area contributed by atoms with Crippen LogP contribution in [-0.2, 0) is 11.0 Å². The highest BCUT2D eigenvalue weighted by Crippen LogP contribution is 2.42. The molecule has 1 N–H and O–H groups in total. The maximum atomic E-state index is 11.7. The van der Waals surface area contributed by atoms with Crippen molar-refractivity contribution in [1.29, 1.82) is 0 Å². The molecule has 132 valence electrons. The average Bonchev–Trinajstić information content (AvgIpc) is 2.49. The van der Waals surface area contributed by atoms with E-state index in [0.717, 1.165) is 4.91 Å². The summed E-state index contributed by atoms with van der Waals surface area (Å²) < 4.78 is 7.49.